The molecule has 0 rings (SSSR count). The molecule has 0 spiro atoms. The highest BCUT2D eigenvalue weighted by molar-refractivity contribution is 8.04. The van der Waals surface area contributed by atoms with Crippen molar-refractivity contribution in [2.75, 3.05) is 6.61 Å². The Morgan fingerprint density at radius 1 is 0.562 bits per heavy atom. The zero-order valence-corrected chi connectivity index (χ0v) is 22.4. The van der Waals surface area contributed by atoms with Crippen LogP contribution in [0.3, 0.4) is 0 Å². The summed E-state index contributed by atoms with van der Waals surface area (Å²) in [6, 6.07) is 0. The van der Waals surface area contributed by atoms with Gasteiger partial charge in [0.1, 0.15) is 0 Å². The molecule has 8 heteroatoms. The van der Waals surface area contributed by atoms with Gasteiger partial charge in [-0.1, -0.05) is 129 Å². The Morgan fingerprint density at radius 3 is 1.28 bits per heavy atom. The lowest BCUT2D eigenvalue weighted by Crippen LogP contribution is -2.31. The largest absolute Gasteiger partial charge is 0.287 e. The maximum absolute atomic E-state index is 12.3. The van der Waals surface area contributed by atoms with Crippen LogP contribution in [0.5, 0.6) is 0 Å². The second-order valence-corrected chi connectivity index (χ2v) is 12.7. The summed E-state index contributed by atoms with van der Waals surface area (Å²) in [6.45, 7) is 4.36. The Bertz CT molecular complexity index is 616. The second kappa shape index (κ2) is 20.2. The van der Waals surface area contributed by atoms with Crippen LogP contribution in [-0.4, -0.2) is 32.6 Å². The summed E-state index contributed by atoms with van der Waals surface area (Å²) in [5.41, 5.74) is 0. The Morgan fingerprint density at radius 2 is 0.906 bits per heavy atom. The second-order valence-electron chi connectivity index (χ2n) is 9.06. The fourth-order valence-electron chi connectivity index (χ4n) is 3.90. The van der Waals surface area contributed by atoms with Crippen LogP contribution < -0.4 is 0 Å². The standard InChI is InChI=1S/C24H50O6S2/c1-3-5-7-9-11-13-15-17-19-21-23-30-32(28,29)24(31(25,26)27)22-20-18-16-14-12-10-8-6-4-2/h24H,3-23H2,1-2H3,(H,25,26,27). The van der Waals surface area contributed by atoms with Gasteiger partial charge in [-0.15, -0.1) is 0 Å². The molecule has 32 heavy (non-hydrogen) atoms. The predicted molar refractivity (Wildman–Crippen MR) is 134 cm³/mol. The molecule has 0 aromatic rings. The van der Waals surface area contributed by atoms with E-state index < -0.39 is 24.8 Å². The minimum atomic E-state index is -4.71. The van der Waals surface area contributed by atoms with Crippen LogP contribution in [-0.2, 0) is 24.4 Å². The fourth-order valence-corrected chi connectivity index (χ4v) is 6.68. The van der Waals surface area contributed by atoms with Crippen molar-refractivity contribution >= 4 is 20.2 Å². The van der Waals surface area contributed by atoms with E-state index in [2.05, 4.69) is 13.8 Å². The molecule has 1 N–H and O–H groups in total. The topological polar surface area (TPSA) is 97.7 Å². The van der Waals surface area contributed by atoms with Gasteiger partial charge in [-0.25, -0.2) is 0 Å². The van der Waals surface area contributed by atoms with Gasteiger partial charge in [0, 0.05) is 0 Å². The number of unbranched alkanes of at least 4 members (excludes halogenated alkanes) is 17. The SMILES string of the molecule is CCCCCCCCCCCCOS(=O)(=O)C(CCCCCCCCCCC)S(=O)(=O)O. The highest BCUT2D eigenvalue weighted by Crippen LogP contribution is 2.20. The van der Waals surface area contributed by atoms with Crippen LogP contribution in [0.1, 0.15) is 142 Å². The van der Waals surface area contributed by atoms with Gasteiger partial charge >= 0.3 is 0 Å². The molecule has 0 aromatic carbocycles. The number of rotatable bonds is 24. The zero-order chi connectivity index (χ0) is 24.1. The first-order valence-corrected chi connectivity index (χ1v) is 16.1. The Hall–Kier alpha value is -0.180. The number of hydrogen-bond acceptors (Lipinski definition) is 5. The minimum absolute atomic E-state index is 0.0252. The first-order chi connectivity index (χ1) is 15.3. The van der Waals surface area contributed by atoms with Crippen LogP contribution in [0.4, 0.5) is 0 Å². The van der Waals surface area contributed by atoms with Crippen molar-refractivity contribution in [1.29, 1.82) is 0 Å². The molecule has 0 bridgehead atoms. The molecule has 0 radical (unpaired) electrons. The van der Waals surface area contributed by atoms with Crippen molar-refractivity contribution in [1.82, 2.24) is 0 Å². The molecular weight excluding hydrogens is 448 g/mol. The van der Waals surface area contributed by atoms with Gasteiger partial charge in [0.2, 0.25) is 4.58 Å². The Kier molecular flexibility index (Phi) is 20.1. The van der Waals surface area contributed by atoms with Gasteiger partial charge in [0.05, 0.1) is 6.61 Å². The zero-order valence-electron chi connectivity index (χ0n) is 20.7. The summed E-state index contributed by atoms with van der Waals surface area (Å²) in [7, 11) is -9.04. The first kappa shape index (κ1) is 31.8. The molecule has 0 saturated heterocycles. The van der Waals surface area contributed by atoms with Crippen molar-refractivity contribution < 1.29 is 25.6 Å². The van der Waals surface area contributed by atoms with E-state index in [4.69, 9.17) is 4.18 Å². The monoisotopic (exact) mass is 498 g/mol. The van der Waals surface area contributed by atoms with E-state index in [9.17, 15) is 21.4 Å². The molecule has 6 nitrogen and oxygen atoms in total. The summed E-state index contributed by atoms with van der Waals surface area (Å²) in [5, 5.41) is 0. The Balaban J connectivity index is 4.03. The van der Waals surface area contributed by atoms with E-state index in [1.54, 1.807) is 0 Å². The van der Waals surface area contributed by atoms with E-state index in [0.717, 1.165) is 44.9 Å². The third-order valence-corrected chi connectivity index (χ3v) is 9.65. The average Bonchev–Trinajstić information content (AvgIpc) is 2.72. The third-order valence-electron chi connectivity index (χ3n) is 5.94. The van der Waals surface area contributed by atoms with Crippen LogP contribution >= 0.6 is 0 Å². The van der Waals surface area contributed by atoms with Gasteiger partial charge in [-0.05, 0) is 12.8 Å². The molecule has 0 fully saturated rings. The van der Waals surface area contributed by atoms with Crippen molar-refractivity contribution in [3.05, 3.63) is 0 Å². The number of hydrogen-bond donors (Lipinski definition) is 1. The van der Waals surface area contributed by atoms with Crippen LogP contribution in [0.2, 0.25) is 0 Å². The summed E-state index contributed by atoms with van der Waals surface area (Å²) >= 11 is 0. The lowest BCUT2D eigenvalue weighted by molar-refractivity contribution is 0.302. The van der Waals surface area contributed by atoms with E-state index in [1.165, 1.54) is 64.2 Å². The smallest absolute Gasteiger partial charge is 0.284 e. The first-order valence-electron chi connectivity index (χ1n) is 13.1. The predicted octanol–water partition coefficient (Wildman–Crippen LogP) is 7.39. The van der Waals surface area contributed by atoms with E-state index in [-0.39, 0.29) is 13.0 Å². The minimum Gasteiger partial charge on any atom is -0.284 e. The molecule has 1 atom stereocenters. The van der Waals surface area contributed by atoms with Crippen molar-refractivity contribution in [2.24, 2.45) is 0 Å². The Labute approximate surface area is 199 Å². The van der Waals surface area contributed by atoms with E-state index in [1.807, 2.05) is 0 Å². The van der Waals surface area contributed by atoms with Crippen molar-refractivity contribution in [3.63, 3.8) is 0 Å². The molecule has 0 aliphatic carbocycles. The summed E-state index contributed by atoms with van der Waals surface area (Å²) in [6.07, 6.45) is 20.4. The molecule has 0 aliphatic rings. The quantitative estimate of drug-likeness (QED) is 0.0846. The van der Waals surface area contributed by atoms with Crippen molar-refractivity contribution in [3.8, 4) is 0 Å². The highest BCUT2D eigenvalue weighted by atomic mass is 32.3. The van der Waals surface area contributed by atoms with Gasteiger partial charge in [-0.3, -0.25) is 8.74 Å². The van der Waals surface area contributed by atoms with Crippen LogP contribution in [0, 0.1) is 0 Å². The van der Waals surface area contributed by atoms with Crippen LogP contribution in [0.25, 0.3) is 0 Å². The maximum atomic E-state index is 12.3. The normalized spacial score (nSPS) is 13.5. The van der Waals surface area contributed by atoms with Gasteiger partial charge < -0.3 is 0 Å². The van der Waals surface area contributed by atoms with Crippen molar-refractivity contribution in [2.45, 2.75) is 147 Å². The molecule has 194 valence electrons. The molecule has 0 saturated carbocycles. The highest BCUT2D eigenvalue weighted by Gasteiger charge is 2.37. The molecule has 0 aromatic heterocycles. The summed E-state index contributed by atoms with van der Waals surface area (Å²) < 4.78 is 60.5. The third kappa shape index (κ3) is 18.3. The summed E-state index contributed by atoms with van der Waals surface area (Å²) in [4.78, 5) is 0. The van der Waals surface area contributed by atoms with Gasteiger partial charge in [0.25, 0.3) is 20.2 Å². The van der Waals surface area contributed by atoms with Gasteiger partial charge in [0.15, 0.2) is 0 Å². The van der Waals surface area contributed by atoms with E-state index >= 15 is 0 Å². The van der Waals surface area contributed by atoms with Gasteiger partial charge in [-0.2, -0.15) is 16.8 Å². The summed E-state index contributed by atoms with van der Waals surface area (Å²) in [5.74, 6) is 0. The maximum Gasteiger partial charge on any atom is 0.287 e. The van der Waals surface area contributed by atoms with Crippen LogP contribution in [0.15, 0.2) is 0 Å². The molecule has 0 aliphatic heterocycles. The fraction of sp³-hybridized carbons (Fsp3) is 1.00. The van der Waals surface area contributed by atoms with E-state index in [0.29, 0.717) is 12.8 Å². The molecular formula is C24H50O6S2. The molecule has 0 amide bonds. The molecule has 0 heterocycles. The molecule has 1 unspecified atom stereocenters. The lowest BCUT2D eigenvalue weighted by Gasteiger charge is -2.14. The average molecular weight is 499 g/mol. The lowest BCUT2D eigenvalue weighted by atomic mass is 10.1.